The molecule has 0 unspecified atom stereocenters. The average molecular weight is 123 g/mol. The molecule has 0 saturated carbocycles. The summed E-state index contributed by atoms with van der Waals surface area (Å²) < 4.78 is 0. The first kappa shape index (κ1) is 6.30. The van der Waals surface area contributed by atoms with Crippen molar-refractivity contribution >= 4 is 0 Å². The van der Waals surface area contributed by atoms with Crippen LogP contribution < -0.4 is 0 Å². The summed E-state index contributed by atoms with van der Waals surface area (Å²) in [6, 6.07) is 9.82. The second kappa shape index (κ2) is 2.65. The Kier molecular flexibility index (Phi) is 1.85. The molecular weight excluding hydrogens is 112 g/mol. The smallest absolute Gasteiger partial charge is 0.177 e. The van der Waals surface area contributed by atoms with E-state index in [1.54, 1.807) is 0 Å². The van der Waals surface area contributed by atoms with E-state index in [-0.39, 0.29) is 6.10 Å². The van der Waals surface area contributed by atoms with E-state index in [0.29, 0.717) is 0 Å². The first-order chi connectivity index (χ1) is 4.30. The largest absolute Gasteiger partial charge is 0.440 e. The predicted octanol–water partition coefficient (Wildman–Crippen LogP) is 1.47. The minimum atomic E-state index is -0.0915. The fraction of sp³-hybridized carbons (Fsp3) is 0.250. The van der Waals surface area contributed by atoms with Gasteiger partial charge in [-0.2, -0.15) is 0 Å². The third kappa shape index (κ3) is 1.54. The van der Waals surface area contributed by atoms with Gasteiger partial charge >= 0.3 is 0 Å². The SMILES string of the molecule is C[C@@H]([OH2+])c1ccccc1. The molecule has 0 fully saturated rings. The molecule has 1 aromatic carbocycles. The van der Waals surface area contributed by atoms with Gasteiger partial charge in [0, 0.05) is 12.5 Å². The van der Waals surface area contributed by atoms with Gasteiger partial charge in [-0.3, -0.25) is 0 Å². The Labute approximate surface area is 55.0 Å². The Bertz CT molecular complexity index is 167. The first-order valence-electron chi connectivity index (χ1n) is 3.07. The van der Waals surface area contributed by atoms with Crippen molar-refractivity contribution in [2.24, 2.45) is 0 Å². The van der Waals surface area contributed by atoms with E-state index in [2.05, 4.69) is 0 Å². The van der Waals surface area contributed by atoms with Gasteiger partial charge in [-0.05, 0) is 0 Å². The summed E-state index contributed by atoms with van der Waals surface area (Å²) >= 11 is 0. The third-order valence-corrected chi connectivity index (χ3v) is 1.30. The molecule has 1 atom stereocenters. The third-order valence-electron chi connectivity index (χ3n) is 1.30. The molecule has 0 aliphatic heterocycles. The highest BCUT2D eigenvalue weighted by Crippen LogP contribution is 2.08. The van der Waals surface area contributed by atoms with E-state index >= 15 is 0 Å². The Morgan fingerprint density at radius 3 is 2.11 bits per heavy atom. The summed E-state index contributed by atoms with van der Waals surface area (Å²) in [6.07, 6.45) is -0.0915. The zero-order valence-electron chi connectivity index (χ0n) is 5.46. The highest BCUT2D eigenvalue weighted by Gasteiger charge is 2.00. The van der Waals surface area contributed by atoms with Crippen LogP contribution in [-0.2, 0) is 0 Å². The molecule has 1 rings (SSSR count). The van der Waals surface area contributed by atoms with Gasteiger partial charge in [0.2, 0.25) is 0 Å². The maximum atomic E-state index is 7.32. The minimum Gasteiger partial charge on any atom is -0.440 e. The highest BCUT2D eigenvalue weighted by molar-refractivity contribution is 5.16. The molecule has 1 aromatic rings. The van der Waals surface area contributed by atoms with Crippen LogP contribution in [0.1, 0.15) is 18.6 Å². The number of benzene rings is 1. The van der Waals surface area contributed by atoms with Gasteiger partial charge in [0.1, 0.15) is 0 Å². The maximum Gasteiger partial charge on any atom is 0.177 e. The molecule has 0 aliphatic carbocycles. The maximum absolute atomic E-state index is 7.32. The van der Waals surface area contributed by atoms with Crippen molar-refractivity contribution in [1.29, 1.82) is 0 Å². The highest BCUT2D eigenvalue weighted by atomic mass is 16.3. The van der Waals surface area contributed by atoms with E-state index in [0.717, 1.165) is 5.56 Å². The summed E-state index contributed by atoms with van der Waals surface area (Å²) in [6.45, 7) is 1.87. The molecule has 9 heavy (non-hydrogen) atoms. The average Bonchev–Trinajstić information content (AvgIpc) is 1.90. The van der Waals surface area contributed by atoms with Gasteiger partial charge in [0.25, 0.3) is 0 Å². The summed E-state index contributed by atoms with van der Waals surface area (Å²) in [4.78, 5) is 0. The molecule has 2 N–H and O–H groups in total. The Hall–Kier alpha value is -0.820. The summed E-state index contributed by atoms with van der Waals surface area (Å²) in [7, 11) is 0. The second-order valence-corrected chi connectivity index (χ2v) is 2.13. The molecule has 1 heteroatoms. The van der Waals surface area contributed by atoms with E-state index in [9.17, 15) is 0 Å². The zero-order valence-corrected chi connectivity index (χ0v) is 5.46. The van der Waals surface area contributed by atoms with Crippen molar-refractivity contribution in [3.8, 4) is 0 Å². The van der Waals surface area contributed by atoms with Crippen LogP contribution in [0.2, 0.25) is 0 Å². The van der Waals surface area contributed by atoms with Crippen molar-refractivity contribution in [3.63, 3.8) is 0 Å². The summed E-state index contributed by atoms with van der Waals surface area (Å²) in [5, 5.41) is 7.32. The summed E-state index contributed by atoms with van der Waals surface area (Å²) in [5.41, 5.74) is 1.08. The van der Waals surface area contributed by atoms with E-state index in [1.165, 1.54) is 0 Å². The zero-order chi connectivity index (χ0) is 6.69. The molecule has 0 heterocycles. The van der Waals surface area contributed by atoms with Gasteiger partial charge in [0.05, 0.1) is 0 Å². The van der Waals surface area contributed by atoms with Crippen LogP contribution in [-0.4, -0.2) is 5.11 Å². The van der Waals surface area contributed by atoms with Gasteiger partial charge in [0.15, 0.2) is 6.10 Å². The lowest BCUT2D eigenvalue weighted by atomic mass is 10.1. The van der Waals surface area contributed by atoms with Gasteiger partial charge < -0.3 is 5.11 Å². The fourth-order valence-electron chi connectivity index (χ4n) is 0.742. The molecule has 0 aromatic heterocycles. The Morgan fingerprint density at radius 2 is 1.78 bits per heavy atom. The minimum absolute atomic E-state index is 0.0915. The van der Waals surface area contributed by atoms with Crippen LogP contribution in [0.25, 0.3) is 0 Å². The van der Waals surface area contributed by atoms with E-state index in [4.69, 9.17) is 5.11 Å². The number of rotatable bonds is 1. The molecule has 0 radical (unpaired) electrons. The van der Waals surface area contributed by atoms with Crippen molar-refractivity contribution in [1.82, 2.24) is 0 Å². The van der Waals surface area contributed by atoms with Crippen LogP contribution >= 0.6 is 0 Å². The lowest BCUT2D eigenvalue weighted by Crippen LogP contribution is -1.87. The van der Waals surface area contributed by atoms with Crippen molar-refractivity contribution in [3.05, 3.63) is 35.9 Å². The van der Waals surface area contributed by atoms with Crippen molar-refractivity contribution in [2.75, 3.05) is 0 Å². The molecule has 0 saturated heterocycles. The van der Waals surface area contributed by atoms with Gasteiger partial charge in [-0.25, -0.2) is 0 Å². The lowest BCUT2D eigenvalue weighted by Gasteiger charge is -1.97. The Morgan fingerprint density at radius 1 is 1.22 bits per heavy atom. The van der Waals surface area contributed by atoms with Crippen LogP contribution in [0.15, 0.2) is 30.3 Å². The van der Waals surface area contributed by atoms with E-state index < -0.39 is 0 Å². The lowest BCUT2D eigenvalue weighted by molar-refractivity contribution is 0.199. The molecule has 0 amide bonds. The molecule has 48 valence electrons. The Balaban J connectivity index is 2.85. The molecule has 0 bridgehead atoms. The van der Waals surface area contributed by atoms with Crippen LogP contribution in [0.4, 0.5) is 0 Å². The van der Waals surface area contributed by atoms with Gasteiger partial charge in [-0.1, -0.05) is 30.3 Å². The van der Waals surface area contributed by atoms with Crippen LogP contribution in [0.3, 0.4) is 0 Å². The molecule has 0 spiro atoms. The van der Waals surface area contributed by atoms with Crippen molar-refractivity contribution < 1.29 is 5.11 Å². The van der Waals surface area contributed by atoms with Gasteiger partial charge in [-0.15, -0.1) is 0 Å². The summed E-state index contributed by atoms with van der Waals surface area (Å²) in [5.74, 6) is 0. The fourth-order valence-corrected chi connectivity index (χ4v) is 0.742. The second-order valence-electron chi connectivity index (χ2n) is 2.13. The first-order valence-corrected chi connectivity index (χ1v) is 3.07. The van der Waals surface area contributed by atoms with Crippen LogP contribution in [0, 0.1) is 0 Å². The molecule has 0 aliphatic rings. The number of hydrogen-bond acceptors (Lipinski definition) is 0. The predicted molar refractivity (Wildman–Crippen MR) is 38.5 cm³/mol. The monoisotopic (exact) mass is 123 g/mol. The molecule has 1 nitrogen and oxygen atoms in total. The standard InChI is InChI=1S/C8H10O/c1-7(9)8-5-3-2-4-6-8/h2-7,9H,1H3/p+1/t7-/m1/s1. The van der Waals surface area contributed by atoms with Crippen LogP contribution in [0.5, 0.6) is 0 Å². The van der Waals surface area contributed by atoms with E-state index in [1.807, 2.05) is 37.3 Å². The topological polar surface area (TPSA) is 22.9 Å². The quantitative estimate of drug-likeness (QED) is 0.505. The number of hydrogen-bond donors (Lipinski definition) is 0. The van der Waals surface area contributed by atoms with Crippen molar-refractivity contribution in [2.45, 2.75) is 13.0 Å². The normalized spacial score (nSPS) is 13.1. The molecular formula is C8H11O+.